The Morgan fingerprint density at radius 2 is 1.57 bits per heavy atom. The second kappa shape index (κ2) is 4.79. The van der Waals surface area contributed by atoms with Gasteiger partial charge in [-0.3, -0.25) is 4.98 Å². The summed E-state index contributed by atoms with van der Waals surface area (Å²) >= 11 is 6.14. The lowest BCUT2D eigenvalue weighted by atomic mass is 10.0. The van der Waals surface area contributed by atoms with E-state index in [1.165, 1.54) is 0 Å². The van der Waals surface area contributed by atoms with Gasteiger partial charge in [0, 0.05) is 28.7 Å². The highest BCUT2D eigenvalue weighted by molar-refractivity contribution is 6.29. The summed E-state index contributed by atoms with van der Waals surface area (Å²) in [5.74, 6) is 0. The van der Waals surface area contributed by atoms with Crippen molar-refractivity contribution in [1.82, 2.24) is 15.0 Å². The quantitative estimate of drug-likeness (QED) is 0.383. The molecule has 0 amide bonds. The van der Waals surface area contributed by atoms with E-state index in [2.05, 4.69) is 33.2 Å². The molecule has 0 radical (unpaired) electrons. The normalized spacial score (nSPS) is 11.1. The molecule has 2 heterocycles. The number of hydrogen-bond donors (Lipinski definition) is 0. The average Bonchev–Trinajstić information content (AvgIpc) is 2.55. The zero-order valence-corrected chi connectivity index (χ0v) is 11.7. The molecule has 4 rings (SSSR count). The summed E-state index contributed by atoms with van der Waals surface area (Å²) in [5, 5.41) is 3.46. The molecule has 0 N–H and O–H groups in total. The van der Waals surface area contributed by atoms with Crippen LogP contribution >= 0.6 is 11.6 Å². The van der Waals surface area contributed by atoms with Crippen LogP contribution in [0.5, 0.6) is 0 Å². The minimum atomic E-state index is 0.255. The van der Waals surface area contributed by atoms with Crippen LogP contribution in [0.4, 0.5) is 0 Å². The molecule has 21 heavy (non-hydrogen) atoms. The third-order valence-corrected chi connectivity index (χ3v) is 3.69. The van der Waals surface area contributed by atoms with E-state index in [4.69, 9.17) is 11.6 Å². The van der Waals surface area contributed by atoms with Crippen LogP contribution in [0.3, 0.4) is 0 Å². The number of halogens is 1. The smallest absolute Gasteiger partial charge is 0.223 e. The van der Waals surface area contributed by atoms with Gasteiger partial charge >= 0.3 is 0 Å². The van der Waals surface area contributed by atoms with Crippen molar-refractivity contribution in [2.24, 2.45) is 0 Å². The third kappa shape index (κ3) is 2.03. The first-order valence-corrected chi connectivity index (χ1v) is 6.96. The molecule has 4 heteroatoms. The molecule has 0 saturated heterocycles. The largest absolute Gasteiger partial charge is 0.265 e. The van der Waals surface area contributed by atoms with Crippen molar-refractivity contribution in [2.75, 3.05) is 0 Å². The van der Waals surface area contributed by atoms with E-state index in [9.17, 15) is 0 Å². The van der Waals surface area contributed by atoms with E-state index < -0.39 is 0 Å². The van der Waals surface area contributed by atoms with Crippen LogP contribution in [0.1, 0.15) is 0 Å². The van der Waals surface area contributed by atoms with E-state index in [-0.39, 0.29) is 5.28 Å². The summed E-state index contributed by atoms with van der Waals surface area (Å²) in [6.07, 6.45) is 3.50. The van der Waals surface area contributed by atoms with Gasteiger partial charge in [-0.25, -0.2) is 9.97 Å². The maximum atomic E-state index is 6.14. The van der Waals surface area contributed by atoms with Gasteiger partial charge in [0.2, 0.25) is 5.28 Å². The van der Waals surface area contributed by atoms with Crippen LogP contribution in [0.15, 0.2) is 60.9 Å². The summed E-state index contributed by atoms with van der Waals surface area (Å²) < 4.78 is 0. The summed E-state index contributed by atoms with van der Waals surface area (Å²) in [7, 11) is 0. The third-order valence-electron chi connectivity index (χ3n) is 3.52. The molecular formula is C17H10ClN3. The first-order chi connectivity index (χ1) is 10.3. The first-order valence-electron chi connectivity index (χ1n) is 6.58. The number of pyridine rings is 1. The van der Waals surface area contributed by atoms with Crippen LogP contribution in [-0.4, -0.2) is 15.0 Å². The molecule has 0 aliphatic carbocycles. The number of fused-ring (bicyclic) bond motifs is 3. The highest BCUT2D eigenvalue weighted by Gasteiger charge is 2.11. The zero-order valence-electron chi connectivity index (χ0n) is 11.0. The van der Waals surface area contributed by atoms with Gasteiger partial charge < -0.3 is 0 Å². The van der Waals surface area contributed by atoms with Gasteiger partial charge in [-0.05, 0) is 35.2 Å². The van der Waals surface area contributed by atoms with Crippen LogP contribution < -0.4 is 0 Å². The number of nitrogens with zero attached hydrogens (tertiary/aromatic N) is 3. The predicted molar refractivity (Wildman–Crippen MR) is 85.3 cm³/mol. The van der Waals surface area contributed by atoms with Crippen molar-refractivity contribution in [2.45, 2.75) is 0 Å². The topological polar surface area (TPSA) is 38.7 Å². The van der Waals surface area contributed by atoms with Crippen molar-refractivity contribution in [3.8, 4) is 11.3 Å². The Kier molecular flexibility index (Phi) is 2.79. The predicted octanol–water partition coefficient (Wildman–Crippen LogP) is 4.50. The molecule has 4 aromatic rings. The maximum absolute atomic E-state index is 6.14. The lowest BCUT2D eigenvalue weighted by molar-refractivity contribution is 1.22. The standard InChI is InChI=1S/C17H10ClN3/c18-17-20-15(12-7-9-19-10-8-12)14-6-5-11-3-1-2-4-13(11)16(14)21-17/h1-10H. The highest BCUT2D eigenvalue weighted by Crippen LogP contribution is 2.31. The molecular weight excluding hydrogens is 282 g/mol. The molecule has 2 aromatic carbocycles. The van der Waals surface area contributed by atoms with Crippen molar-refractivity contribution >= 4 is 33.3 Å². The minimum Gasteiger partial charge on any atom is -0.265 e. The first kappa shape index (κ1) is 12.2. The Bertz CT molecular complexity index is 952. The average molecular weight is 292 g/mol. The van der Waals surface area contributed by atoms with E-state index >= 15 is 0 Å². The molecule has 3 nitrogen and oxygen atoms in total. The van der Waals surface area contributed by atoms with Gasteiger partial charge in [-0.15, -0.1) is 0 Å². The molecule has 0 unspecified atom stereocenters. The molecule has 0 saturated carbocycles. The van der Waals surface area contributed by atoms with Gasteiger partial charge in [0.1, 0.15) is 0 Å². The van der Waals surface area contributed by atoms with E-state index in [1.54, 1.807) is 12.4 Å². The fourth-order valence-corrected chi connectivity index (χ4v) is 2.74. The molecule has 0 aliphatic rings. The van der Waals surface area contributed by atoms with Crippen LogP contribution in [0, 0.1) is 0 Å². The fraction of sp³-hybridized carbons (Fsp3) is 0. The van der Waals surface area contributed by atoms with Crippen LogP contribution in [0.2, 0.25) is 5.28 Å². The second-order valence-corrected chi connectivity index (χ2v) is 5.10. The molecule has 2 aromatic heterocycles. The zero-order chi connectivity index (χ0) is 14.2. The van der Waals surface area contributed by atoms with Crippen molar-refractivity contribution in [3.63, 3.8) is 0 Å². The molecule has 100 valence electrons. The van der Waals surface area contributed by atoms with E-state index in [0.29, 0.717) is 0 Å². The highest BCUT2D eigenvalue weighted by atomic mass is 35.5. The Morgan fingerprint density at radius 1 is 0.762 bits per heavy atom. The van der Waals surface area contributed by atoms with Crippen molar-refractivity contribution in [1.29, 1.82) is 0 Å². The van der Waals surface area contributed by atoms with Gasteiger partial charge in [0.25, 0.3) is 0 Å². The molecule has 0 aliphatic heterocycles. The monoisotopic (exact) mass is 291 g/mol. The number of rotatable bonds is 1. The molecule has 0 fully saturated rings. The van der Waals surface area contributed by atoms with Crippen LogP contribution in [0.25, 0.3) is 32.9 Å². The SMILES string of the molecule is Clc1nc(-c2ccncc2)c2ccc3ccccc3c2n1. The van der Waals surface area contributed by atoms with Gasteiger partial charge in [-0.1, -0.05) is 30.3 Å². The summed E-state index contributed by atoms with van der Waals surface area (Å²) in [6.45, 7) is 0. The Labute approximate surface area is 126 Å². The summed E-state index contributed by atoms with van der Waals surface area (Å²) in [5.41, 5.74) is 2.69. The number of aromatic nitrogens is 3. The minimum absolute atomic E-state index is 0.255. The molecule has 0 bridgehead atoms. The molecule has 0 atom stereocenters. The summed E-state index contributed by atoms with van der Waals surface area (Å²) in [6, 6.07) is 16.1. The number of benzene rings is 2. The van der Waals surface area contributed by atoms with E-state index in [1.807, 2.05) is 30.3 Å². The van der Waals surface area contributed by atoms with Gasteiger partial charge in [-0.2, -0.15) is 0 Å². The maximum Gasteiger partial charge on any atom is 0.223 e. The number of hydrogen-bond acceptors (Lipinski definition) is 3. The van der Waals surface area contributed by atoms with Crippen LogP contribution in [-0.2, 0) is 0 Å². The Hall–Kier alpha value is -2.52. The Morgan fingerprint density at radius 3 is 2.43 bits per heavy atom. The fourth-order valence-electron chi connectivity index (χ4n) is 2.57. The van der Waals surface area contributed by atoms with E-state index in [0.717, 1.165) is 32.9 Å². The second-order valence-electron chi connectivity index (χ2n) is 4.76. The Balaban J connectivity index is 2.15. The molecule has 0 spiro atoms. The van der Waals surface area contributed by atoms with Crippen molar-refractivity contribution < 1.29 is 0 Å². The van der Waals surface area contributed by atoms with Crippen molar-refractivity contribution in [3.05, 3.63) is 66.2 Å². The van der Waals surface area contributed by atoms with Gasteiger partial charge in [0.05, 0.1) is 11.2 Å². The lowest BCUT2D eigenvalue weighted by Gasteiger charge is -2.08. The lowest BCUT2D eigenvalue weighted by Crippen LogP contribution is -1.92. The summed E-state index contributed by atoms with van der Waals surface area (Å²) in [4.78, 5) is 12.9. The van der Waals surface area contributed by atoms with Gasteiger partial charge in [0.15, 0.2) is 0 Å².